The largest absolute Gasteiger partial charge is 0.370 e. The number of nitrogens with zero attached hydrogens (tertiary/aromatic N) is 1. The lowest BCUT2D eigenvalue weighted by Crippen LogP contribution is -2.29. The number of anilines is 1. The second-order valence-electron chi connectivity index (χ2n) is 3.47. The Kier molecular flexibility index (Phi) is 2.50. The van der Waals surface area contributed by atoms with E-state index in [1.807, 2.05) is 7.05 Å². The van der Waals surface area contributed by atoms with E-state index < -0.39 is 0 Å². The van der Waals surface area contributed by atoms with Gasteiger partial charge in [0.05, 0.1) is 0 Å². The molecule has 1 heterocycles. The second kappa shape index (κ2) is 3.79. The summed E-state index contributed by atoms with van der Waals surface area (Å²) in [6.07, 6.45) is 1.21. The summed E-state index contributed by atoms with van der Waals surface area (Å²) in [5, 5.41) is 3.18. The van der Waals surface area contributed by atoms with Crippen molar-refractivity contribution >= 4 is 5.69 Å². The quantitative estimate of drug-likeness (QED) is 0.746. The Bertz CT molecular complexity index is 283. The smallest absolute Gasteiger partial charge is 0.0399 e. The number of benzene rings is 1. The maximum atomic E-state index is 3.18. The van der Waals surface area contributed by atoms with Crippen LogP contribution in [0.15, 0.2) is 24.3 Å². The fourth-order valence-electron chi connectivity index (χ4n) is 1.89. The Morgan fingerprint density at radius 2 is 2.23 bits per heavy atom. The Morgan fingerprint density at radius 1 is 1.38 bits per heavy atom. The van der Waals surface area contributed by atoms with Crippen molar-refractivity contribution in [3.8, 4) is 0 Å². The Balaban J connectivity index is 2.09. The van der Waals surface area contributed by atoms with Crippen molar-refractivity contribution in [2.75, 3.05) is 31.6 Å². The molecule has 0 saturated carbocycles. The van der Waals surface area contributed by atoms with E-state index in [0.29, 0.717) is 0 Å². The number of likely N-dealkylation sites (N-methyl/N-ethyl adjacent to an activating group) is 1. The van der Waals surface area contributed by atoms with Gasteiger partial charge < -0.3 is 10.2 Å². The average molecular weight is 176 g/mol. The van der Waals surface area contributed by atoms with Gasteiger partial charge in [0, 0.05) is 25.3 Å². The number of hydrogen-bond acceptors (Lipinski definition) is 2. The summed E-state index contributed by atoms with van der Waals surface area (Å²) in [5.74, 6) is 0. The van der Waals surface area contributed by atoms with Crippen LogP contribution in [0.4, 0.5) is 5.69 Å². The van der Waals surface area contributed by atoms with Crippen LogP contribution in [0.1, 0.15) is 5.56 Å². The van der Waals surface area contributed by atoms with Crippen LogP contribution in [-0.4, -0.2) is 26.7 Å². The van der Waals surface area contributed by atoms with Gasteiger partial charge in [0.2, 0.25) is 0 Å². The fraction of sp³-hybridized carbons (Fsp3) is 0.455. The summed E-state index contributed by atoms with van der Waals surface area (Å²) in [7, 11) is 2.00. The van der Waals surface area contributed by atoms with Crippen LogP contribution in [0.25, 0.3) is 0 Å². The predicted octanol–water partition coefficient (Wildman–Crippen LogP) is 1.27. The van der Waals surface area contributed by atoms with Crippen molar-refractivity contribution in [2.24, 2.45) is 0 Å². The lowest BCUT2D eigenvalue weighted by atomic mass is 10.2. The van der Waals surface area contributed by atoms with Crippen molar-refractivity contribution in [1.29, 1.82) is 0 Å². The van der Waals surface area contributed by atoms with Gasteiger partial charge in [-0.25, -0.2) is 0 Å². The molecule has 0 aliphatic carbocycles. The lowest BCUT2D eigenvalue weighted by molar-refractivity contribution is 0.741. The van der Waals surface area contributed by atoms with E-state index >= 15 is 0 Å². The highest BCUT2D eigenvalue weighted by molar-refractivity contribution is 5.57. The summed E-state index contributed by atoms with van der Waals surface area (Å²) in [6.45, 7) is 3.36. The van der Waals surface area contributed by atoms with E-state index in [9.17, 15) is 0 Å². The minimum atomic E-state index is 1.06. The van der Waals surface area contributed by atoms with E-state index in [-0.39, 0.29) is 0 Å². The molecule has 0 atom stereocenters. The van der Waals surface area contributed by atoms with Crippen molar-refractivity contribution < 1.29 is 0 Å². The monoisotopic (exact) mass is 176 g/mol. The van der Waals surface area contributed by atoms with E-state index in [1.165, 1.54) is 24.2 Å². The molecule has 2 heteroatoms. The first kappa shape index (κ1) is 8.57. The highest BCUT2D eigenvalue weighted by Gasteiger charge is 2.16. The molecule has 1 aliphatic rings. The minimum absolute atomic E-state index is 1.06. The van der Waals surface area contributed by atoms with Gasteiger partial charge in [-0.1, -0.05) is 18.2 Å². The van der Waals surface area contributed by atoms with Crippen molar-refractivity contribution in [1.82, 2.24) is 5.32 Å². The first-order chi connectivity index (χ1) is 6.42. The van der Waals surface area contributed by atoms with Gasteiger partial charge in [-0.05, 0) is 25.1 Å². The summed E-state index contributed by atoms with van der Waals surface area (Å²) >= 11 is 0. The molecule has 2 rings (SSSR count). The highest BCUT2D eigenvalue weighted by atomic mass is 15.2. The minimum Gasteiger partial charge on any atom is -0.370 e. The number of nitrogens with one attached hydrogen (secondary N) is 1. The molecule has 13 heavy (non-hydrogen) atoms. The molecule has 1 N–H and O–H groups in total. The molecule has 0 bridgehead atoms. The van der Waals surface area contributed by atoms with Crippen LogP contribution in [-0.2, 0) is 6.42 Å². The summed E-state index contributed by atoms with van der Waals surface area (Å²) in [5.41, 5.74) is 2.93. The third-order valence-corrected chi connectivity index (χ3v) is 2.62. The summed E-state index contributed by atoms with van der Waals surface area (Å²) < 4.78 is 0. The third-order valence-electron chi connectivity index (χ3n) is 2.62. The van der Waals surface area contributed by atoms with E-state index in [1.54, 1.807) is 0 Å². The number of para-hydroxylation sites is 1. The predicted molar refractivity (Wildman–Crippen MR) is 56.3 cm³/mol. The topological polar surface area (TPSA) is 15.3 Å². The molecule has 0 aromatic heterocycles. The van der Waals surface area contributed by atoms with Gasteiger partial charge in [-0.15, -0.1) is 0 Å². The Labute approximate surface area is 79.6 Å². The summed E-state index contributed by atoms with van der Waals surface area (Å²) in [6, 6.07) is 8.70. The number of fused-ring (bicyclic) bond motifs is 1. The Morgan fingerprint density at radius 3 is 3.08 bits per heavy atom. The van der Waals surface area contributed by atoms with Gasteiger partial charge >= 0.3 is 0 Å². The molecule has 70 valence electrons. The maximum absolute atomic E-state index is 3.18. The average Bonchev–Trinajstić information content (AvgIpc) is 2.58. The summed E-state index contributed by atoms with van der Waals surface area (Å²) in [4.78, 5) is 2.45. The third kappa shape index (κ3) is 1.68. The van der Waals surface area contributed by atoms with Crippen LogP contribution in [0.2, 0.25) is 0 Å². The molecule has 0 radical (unpaired) electrons. The molecule has 2 nitrogen and oxygen atoms in total. The van der Waals surface area contributed by atoms with Gasteiger partial charge in [0.25, 0.3) is 0 Å². The molecule has 0 fully saturated rings. The molecule has 1 aromatic rings. The first-order valence-electron chi connectivity index (χ1n) is 4.89. The second-order valence-corrected chi connectivity index (χ2v) is 3.47. The molecular weight excluding hydrogens is 160 g/mol. The van der Waals surface area contributed by atoms with Crippen LogP contribution in [0.3, 0.4) is 0 Å². The van der Waals surface area contributed by atoms with Crippen LogP contribution in [0, 0.1) is 0 Å². The van der Waals surface area contributed by atoms with Gasteiger partial charge in [-0.2, -0.15) is 0 Å². The van der Waals surface area contributed by atoms with Gasteiger partial charge in [0.1, 0.15) is 0 Å². The first-order valence-corrected chi connectivity index (χ1v) is 4.89. The normalized spacial score (nSPS) is 14.7. The molecule has 0 saturated heterocycles. The van der Waals surface area contributed by atoms with Crippen molar-refractivity contribution in [2.45, 2.75) is 6.42 Å². The fourth-order valence-corrected chi connectivity index (χ4v) is 1.89. The van der Waals surface area contributed by atoms with Crippen LogP contribution < -0.4 is 10.2 Å². The molecule has 0 spiro atoms. The highest BCUT2D eigenvalue weighted by Crippen LogP contribution is 2.26. The molecule has 1 aliphatic heterocycles. The van der Waals surface area contributed by atoms with Crippen molar-refractivity contribution in [3.05, 3.63) is 29.8 Å². The molecule has 0 unspecified atom stereocenters. The zero-order valence-corrected chi connectivity index (χ0v) is 8.09. The standard InChI is InChI=1S/C11H16N2/c1-12-7-9-13-8-6-10-4-2-3-5-11(10)13/h2-5,12H,6-9H2,1H3. The zero-order valence-electron chi connectivity index (χ0n) is 8.09. The SMILES string of the molecule is CNCCN1CCc2ccccc21. The molecular formula is C11H16N2. The van der Waals surface area contributed by atoms with Gasteiger partial charge in [0.15, 0.2) is 0 Å². The van der Waals surface area contributed by atoms with E-state index in [2.05, 4.69) is 34.5 Å². The van der Waals surface area contributed by atoms with Gasteiger partial charge in [-0.3, -0.25) is 0 Å². The zero-order chi connectivity index (χ0) is 9.10. The molecule has 0 amide bonds. The number of rotatable bonds is 3. The van der Waals surface area contributed by atoms with Crippen LogP contribution >= 0.6 is 0 Å². The van der Waals surface area contributed by atoms with E-state index in [0.717, 1.165) is 13.1 Å². The van der Waals surface area contributed by atoms with Crippen molar-refractivity contribution in [3.63, 3.8) is 0 Å². The molecule has 1 aromatic carbocycles. The Hall–Kier alpha value is -1.02. The number of hydrogen-bond donors (Lipinski definition) is 1. The lowest BCUT2D eigenvalue weighted by Gasteiger charge is -2.18. The van der Waals surface area contributed by atoms with E-state index in [4.69, 9.17) is 0 Å². The maximum Gasteiger partial charge on any atom is 0.0399 e. The van der Waals surface area contributed by atoms with Crippen LogP contribution in [0.5, 0.6) is 0 Å².